The quantitative estimate of drug-likeness (QED) is 0.181. The first-order valence-corrected chi connectivity index (χ1v) is 18.1. The van der Waals surface area contributed by atoms with Gasteiger partial charge in [-0.25, -0.2) is 0 Å². The van der Waals surface area contributed by atoms with Crippen LogP contribution in [0.4, 0.5) is 17.1 Å². The molecule has 4 saturated carbocycles. The summed E-state index contributed by atoms with van der Waals surface area (Å²) in [5, 5.41) is 2.20. The van der Waals surface area contributed by atoms with E-state index in [-0.39, 0.29) is 5.41 Å². The summed E-state index contributed by atoms with van der Waals surface area (Å²) < 4.78 is 0. The monoisotopic (exact) mass is 631 g/mol. The second kappa shape index (κ2) is 10.4. The Morgan fingerprint density at radius 3 is 1.98 bits per heavy atom. The Hall–Kier alpha value is -5.28. The maximum absolute atomic E-state index is 5.07. The van der Waals surface area contributed by atoms with Gasteiger partial charge in [0.25, 0.3) is 0 Å². The van der Waals surface area contributed by atoms with Crippen molar-refractivity contribution in [2.75, 3.05) is 4.90 Å². The SMILES string of the molecule is c1ccc(-c2ccc(N(c3ccc4c(c3)-c3ccccc3C43C4CC5CC(C4)CC3C5)c3cnc4c(ccc5cccnc54)c3)cc2)cc1. The van der Waals surface area contributed by atoms with E-state index in [2.05, 4.69) is 126 Å². The van der Waals surface area contributed by atoms with Crippen molar-refractivity contribution < 1.29 is 0 Å². The van der Waals surface area contributed by atoms with Crippen molar-refractivity contribution in [3.05, 3.63) is 151 Å². The van der Waals surface area contributed by atoms with Gasteiger partial charge in [-0.1, -0.05) is 91.0 Å². The molecule has 4 bridgehead atoms. The number of anilines is 3. The second-order valence-electron chi connectivity index (χ2n) is 15.1. The van der Waals surface area contributed by atoms with Gasteiger partial charge in [-0.15, -0.1) is 0 Å². The topological polar surface area (TPSA) is 29.0 Å². The molecule has 0 N–H and O–H groups in total. The Balaban J connectivity index is 1.09. The molecule has 4 fully saturated rings. The summed E-state index contributed by atoms with van der Waals surface area (Å²) in [5.74, 6) is 3.38. The third-order valence-electron chi connectivity index (χ3n) is 12.7. The van der Waals surface area contributed by atoms with Gasteiger partial charge in [0.2, 0.25) is 0 Å². The molecule has 2 aromatic heterocycles. The largest absolute Gasteiger partial charge is 0.309 e. The van der Waals surface area contributed by atoms with Crippen LogP contribution in [0.15, 0.2) is 140 Å². The Bertz CT molecular complexity index is 2380. The zero-order chi connectivity index (χ0) is 32.1. The van der Waals surface area contributed by atoms with E-state index in [1.165, 1.54) is 60.0 Å². The van der Waals surface area contributed by atoms with Crippen molar-refractivity contribution in [1.29, 1.82) is 0 Å². The Kier molecular flexibility index (Phi) is 5.85. The van der Waals surface area contributed by atoms with Crippen LogP contribution in [0, 0.1) is 23.7 Å². The van der Waals surface area contributed by atoms with E-state index >= 15 is 0 Å². The zero-order valence-electron chi connectivity index (χ0n) is 27.5. The number of aromatic nitrogens is 2. The van der Waals surface area contributed by atoms with Crippen LogP contribution in [-0.4, -0.2) is 9.97 Å². The van der Waals surface area contributed by atoms with Gasteiger partial charge >= 0.3 is 0 Å². The first kappa shape index (κ1) is 27.6. The van der Waals surface area contributed by atoms with Gasteiger partial charge in [0, 0.05) is 33.8 Å². The van der Waals surface area contributed by atoms with Crippen molar-refractivity contribution in [2.45, 2.75) is 37.5 Å². The molecule has 0 amide bonds. The average Bonchev–Trinajstić information content (AvgIpc) is 3.44. The lowest BCUT2D eigenvalue weighted by molar-refractivity contribution is -0.0399. The second-order valence-corrected chi connectivity index (χ2v) is 15.1. The number of hydrogen-bond acceptors (Lipinski definition) is 3. The molecule has 49 heavy (non-hydrogen) atoms. The fraction of sp³-hybridized carbons (Fsp3) is 0.217. The third-order valence-corrected chi connectivity index (χ3v) is 12.7. The van der Waals surface area contributed by atoms with E-state index in [1.54, 1.807) is 11.1 Å². The Morgan fingerprint density at radius 1 is 0.490 bits per heavy atom. The van der Waals surface area contributed by atoms with Gasteiger partial charge in [-0.2, -0.15) is 0 Å². The molecular formula is C46H37N3. The highest BCUT2D eigenvalue weighted by Crippen LogP contribution is 2.69. The smallest absolute Gasteiger partial charge is 0.0966 e. The first-order chi connectivity index (χ1) is 24.2. The molecular weight excluding hydrogens is 595 g/mol. The standard InChI is InChI=1S/C46H37N3/c1-2-7-31(8-3-1)32-14-16-37(17-15-32)49(39-26-34-13-12-33-9-6-20-47-44(33)45(34)48-28-39)38-18-19-43-41(27-38)40-10-4-5-11-42(40)46(43)35-22-29-21-30(24-35)25-36(46)23-29/h1-20,26-30,35-36H,21-25H2. The molecule has 2 heterocycles. The van der Waals surface area contributed by atoms with Crippen LogP contribution >= 0.6 is 0 Å². The van der Waals surface area contributed by atoms with Gasteiger partial charge in [0.05, 0.1) is 22.9 Å². The summed E-state index contributed by atoms with van der Waals surface area (Å²) >= 11 is 0. The van der Waals surface area contributed by atoms with E-state index in [4.69, 9.17) is 9.97 Å². The number of hydrogen-bond donors (Lipinski definition) is 0. The van der Waals surface area contributed by atoms with Crippen LogP contribution < -0.4 is 4.90 Å². The highest BCUT2D eigenvalue weighted by molar-refractivity contribution is 6.04. The van der Waals surface area contributed by atoms with Crippen molar-refractivity contribution in [1.82, 2.24) is 9.97 Å². The summed E-state index contributed by atoms with van der Waals surface area (Å²) in [4.78, 5) is 12.2. The summed E-state index contributed by atoms with van der Waals surface area (Å²) in [5.41, 5.74) is 13.9. The molecule has 7 aromatic rings. The highest BCUT2D eigenvalue weighted by atomic mass is 15.1. The molecule has 12 rings (SSSR count). The minimum absolute atomic E-state index is 0.165. The minimum Gasteiger partial charge on any atom is -0.309 e. The maximum atomic E-state index is 5.07. The van der Waals surface area contributed by atoms with Crippen LogP contribution in [-0.2, 0) is 5.41 Å². The number of fused-ring (bicyclic) bond motifs is 6. The molecule has 0 atom stereocenters. The molecule has 3 nitrogen and oxygen atoms in total. The lowest BCUT2D eigenvalue weighted by atomic mass is 9.43. The van der Waals surface area contributed by atoms with Gasteiger partial charge in [-0.05, 0) is 126 Å². The summed E-state index contributed by atoms with van der Waals surface area (Å²) in [6.07, 6.45) is 11.0. The van der Waals surface area contributed by atoms with Crippen LogP contribution in [0.25, 0.3) is 44.1 Å². The fourth-order valence-electron chi connectivity index (χ4n) is 11.0. The van der Waals surface area contributed by atoms with Gasteiger partial charge in [0.1, 0.15) is 0 Å². The normalized spacial score (nSPS) is 24.4. The van der Waals surface area contributed by atoms with Gasteiger partial charge < -0.3 is 4.90 Å². The molecule has 5 aromatic carbocycles. The van der Waals surface area contributed by atoms with E-state index in [0.717, 1.165) is 56.9 Å². The molecule has 0 unspecified atom stereocenters. The van der Waals surface area contributed by atoms with Gasteiger partial charge in [-0.3, -0.25) is 9.97 Å². The van der Waals surface area contributed by atoms with E-state index in [9.17, 15) is 0 Å². The van der Waals surface area contributed by atoms with Crippen molar-refractivity contribution in [2.24, 2.45) is 23.7 Å². The number of rotatable bonds is 4. The fourth-order valence-corrected chi connectivity index (χ4v) is 11.0. The molecule has 0 saturated heterocycles. The lowest BCUT2D eigenvalue weighted by Gasteiger charge is -2.61. The zero-order valence-corrected chi connectivity index (χ0v) is 27.5. The first-order valence-electron chi connectivity index (χ1n) is 18.1. The Labute approximate surface area is 287 Å². The molecule has 0 aliphatic heterocycles. The minimum atomic E-state index is 0.165. The molecule has 236 valence electrons. The number of pyridine rings is 2. The average molecular weight is 632 g/mol. The summed E-state index contributed by atoms with van der Waals surface area (Å²) in [6, 6.07) is 47.2. The Morgan fingerprint density at radius 2 is 1.16 bits per heavy atom. The molecule has 5 aliphatic carbocycles. The molecule has 0 radical (unpaired) electrons. The molecule has 3 heteroatoms. The maximum Gasteiger partial charge on any atom is 0.0966 e. The molecule has 5 aliphatic rings. The predicted molar refractivity (Wildman–Crippen MR) is 200 cm³/mol. The van der Waals surface area contributed by atoms with Crippen LogP contribution in [0.5, 0.6) is 0 Å². The number of benzene rings is 5. The third kappa shape index (κ3) is 3.96. The predicted octanol–water partition coefficient (Wildman–Crippen LogP) is 11.6. The van der Waals surface area contributed by atoms with Crippen molar-refractivity contribution in [3.8, 4) is 22.3 Å². The summed E-state index contributed by atoms with van der Waals surface area (Å²) in [6.45, 7) is 0. The van der Waals surface area contributed by atoms with E-state index in [0.29, 0.717) is 0 Å². The van der Waals surface area contributed by atoms with Crippen LogP contribution in [0.1, 0.15) is 43.2 Å². The van der Waals surface area contributed by atoms with E-state index < -0.39 is 0 Å². The van der Waals surface area contributed by atoms with Crippen LogP contribution in [0.3, 0.4) is 0 Å². The van der Waals surface area contributed by atoms with Crippen LogP contribution in [0.2, 0.25) is 0 Å². The molecule has 1 spiro atoms. The number of nitrogens with zero attached hydrogens (tertiary/aromatic N) is 3. The summed E-state index contributed by atoms with van der Waals surface area (Å²) in [7, 11) is 0. The highest BCUT2D eigenvalue weighted by Gasteiger charge is 2.61. The van der Waals surface area contributed by atoms with Crippen molar-refractivity contribution in [3.63, 3.8) is 0 Å². The van der Waals surface area contributed by atoms with E-state index in [1.807, 2.05) is 18.5 Å². The van der Waals surface area contributed by atoms with Gasteiger partial charge in [0.15, 0.2) is 0 Å². The lowest BCUT2D eigenvalue weighted by Crippen LogP contribution is -2.55. The van der Waals surface area contributed by atoms with Crippen molar-refractivity contribution >= 4 is 38.9 Å².